The third-order valence-electron chi connectivity index (χ3n) is 4.51. The van der Waals surface area contributed by atoms with E-state index in [-0.39, 0.29) is 18.3 Å². The van der Waals surface area contributed by atoms with Gasteiger partial charge < -0.3 is 10.1 Å². The van der Waals surface area contributed by atoms with E-state index in [0.717, 1.165) is 15.7 Å². The number of hydrogen-bond acceptors (Lipinski definition) is 4. The Kier molecular flexibility index (Phi) is 6.82. The normalized spacial score (nSPS) is 11.7. The number of esters is 1. The Balaban J connectivity index is 1.82. The predicted octanol–water partition coefficient (Wildman–Crippen LogP) is 4.37. The number of ether oxygens (including phenoxy) is 1. The van der Waals surface area contributed by atoms with Crippen LogP contribution in [0.1, 0.15) is 41.0 Å². The van der Waals surface area contributed by atoms with Crippen LogP contribution in [0.25, 0.3) is 5.69 Å². The highest BCUT2D eigenvalue weighted by molar-refractivity contribution is 9.10. The third kappa shape index (κ3) is 5.12. The van der Waals surface area contributed by atoms with E-state index >= 15 is 0 Å². The summed E-state index contributed by atoms with van der Waals surface area (Å²) in [6.45, 7) is 3.90. The number of amides is 1. The first-order valence-electron chi connectivity index (χ1n) is 9.31. The smallest absolute Gasteiger partial charge is 0.308 e. The van der Waals surface area contributed by atoms with Crippen LogP contribution in [0.4, 0.5) is 0 Å². The Labute approximate surface area is 178 Å². The molecule has 6 nitrogen and oxygen atoms in total. The molecule has 0 aliphatic heterocycles. The maximum atomic E-state index is 13.0. The minimum absolute atomic E-state index is 0.0590. The number of benzene rings is 2. The predicted molar refractivity (Wildman–Crippen MR) is 114 cm³/mol. The molecule has 1 unspecified atom stereocenters. The first kappa shape index (κ1) is 20.8. The number of halogens is 1. The molecule has 0 aliphatic rings. The Morgan fingerprint density at radius 3 is 2.48 bits per heavy atom. The SMILES string of the molecule is CCOC(=O)CC(NC(=O)c1cnn(-c2ccc(Br)cc2)c1C)c1ccccc1. The Morgan fingerprint density at radius 1 is 1.14 bits per heavy atom. The molecule has 150 valence electrons. The van der Waals surface area contributed by atoms with E-state index in [0.29, 0.717) is 17.9 Å². The summed E-state index contributed by atoms with van der Waals surface area (Å²) in [5, 5.41) is 7.31. The van der Waals surface area contributed by atoms with Crippen LogP contribution in [0.3, 0.4) is 0 Å². The van der Waals surface area contributed by atoms with Gasteiger partial charge in [-0.3, -0.25) is 9.59 Å². The molecule has 1 heterocycles. The molecular weight excluding hydrogens is 434 g/mol. The molecule has 0 radical (unpaired) electrons. The lowest BCUT2D eigenvalue weighted by molar-refractivity contribution is -0.143. The van der Waals surface area contributed by atoms with Gasteiger partial charge in [0, 0.05) is 4.47 Å². The van der Waals surface area contributed by atoms with Crippen molar-refractivity contribution in [3.8, 4) is 5.69 Å². The number of rotatable bonds is 7. The molecule has 2 aromatic carbocycles. The Hall–Kier alpha value is -2.93. The molecule has 0 bridgehead atoms. The quantitative estimate of drug-likeness (QED) is 0.536. The summed E-state index contributed by atoms with van der Waals surface area (Å²) in [6.07, 6.45) is 1.60. The fraction of sp³-hybridized carbons (Fsp3) is 0.227. The van der Waals surface area contributed by atoms with E-state index in [9.17, 15) is 9.59 Å². The molecular formula is C22H22BrN3O3. The van der Waals surface area contributed by atoms with Gasteiger partial charge in [-0.05, 0) is 43.7 Å². The van der Waals surface area contributed by atoms with Crippen LogP contribution in [0.15, 0.2) is 65.3 Å². The highest BCUT2D eigenvalue weighted by Crippen LogP contribution is 2.21. The van der Waals surface area contributed by atoms with E-state index < -0.39 is 6.04 Å². The van der Waals surface area contributed by atoms with Crippen molar-refractivity contribution in [2.45, 2.75) is 26.3 Å². The van der Waals surface area contributed by atoms with Gasteiger partial charge in [-0.1, -0.05) is 46.3 Å². The highest BCUT2D eigenvalue weighted by atomic mass is 79.9. The number of nitrogens with zero attached hydrogens (tertiary/aromatic N) is 2. The summed E-state index contributed by atoms with van der Waals surface area (Å²) in [5.41, 5.74) is 2.87. The van der Waals surface area contributed by atoms with Gasteiger partial charge in [-0.15, -0.1) is 0 Å². The molecule has 3 rings (SSSR count). The lowest BCUT2D eigenvalue weighted by atomic mass is 10.0. The van der Waals surface area contributed by atoms with Crippen molar-refractivity contribution in [1.29, 1.82) is 0 Å². The summed E-state index contributed by atoms with van der Waals surface area (Å²) in [7, 11) is 0. The van der Waals surface area contributed by atoms with Crippen LogP contribution in [0.2, 0.25) is 0 Å². The summed E-state index contributed by atoms with van der Waals surface area (Å²) in [4.78, 5) is 25.0. The maximum absolute atomic E-state index is 13.0. The van der Waals surface area contributed by atoms with Crippen LogP contribution in [0, 0.1) is 6.92 Å². The van der Waals surface area contributed by atoms with Crippen LogP contribution >= 0.6 is 15.9 Å². The molecule has 3 aromatic rings. The molecule has 1 N–H and O–H groups in total. The molecule has 1 aromatic heterocycles. The standard InChI is InChI=1S/C22H22BrN3O3/c1-3-29-21(27)13-20(16-7-5-4-6-8-16)25-22(28)19-14-24-26(15(19)2)18-11-9-17(23)10-12-18/h4-12,14,20H,3,13H2,1-2H3,(H,25,28). The largest absolute Gasteiger partial charge is 0.466 e. The fourth-order valence-electron chi connectivity index (χ4n) is 3.04. The summed E-state index contributed by atoms with van der Waals surface area (Å²) in [6, 6.07) is 16.6. The summed E-state index contributed by atoms with van der Waals surface area (Å²) >= 11 is 3.41. The first-order valence-corrected chi connectivity index (χ1v) is 10.1. The lowest BCUT2D eigenvalue weighted by Gasteiger charge is -2.18. The molecule has 1 amide bonds. The van der Waals surface area contributed by atoms with Crippen molar-refractivity contribution in [2.24, 2.45) is 0 Å². The van der Waals surface area contributed by atoms with Crippen LogP contribution in [0.5, 0.6) is 0 Å². The van der Waals surface area contributed by atoms with E-state index in [2.05, 4.69) is 26.3 Å². The molecule has 7 heteroatoms. The van der Waals surface area contributed by atoms with E-state index in [1.807, 2.05) is 61.5 Å². The van der Waals surface area contributed by atoms with E-state index in [4.69, 9.17) is 4.74 Å². The number of carbonyl (C=O) groups is 2. The lowest BCUT2D eigenvalue weighted by Crippen LogP contribution is -2.31. The second kappa shape index (κ2) is 9.52. The van der Waals surface area contributed by atoms with Gasteiger partial charge in [0.15, 0.2) is 0 Å². The fourth-order valence-corrected chi connectivity index (χ4v) is 3.30. The zero-order valence-corrected chi connectivity index (χ0v) is 17.8. The van der Waals surface area contributed by atoms with E-state index in [1.54, 1.807) is 17.8 Å². The maximum Gasteiger partial charge on any atom is 0.308 e. The number of aromatic nitrogens is 2. The molecule has 0 aliphatic carbocycles. The minimum Gasteiger partial charge on any atom is -0.466 e. The van der Waals surface area contributed by atoms with Crippen molar-refractivity contribution in [3.05, 3.63) is 82.1 Å². The zero-order chi connectivity index (χ0) is 20.8. The number of carbonyl (C=O) groups excluding carboxylic acids is 2. The van der Waals surface area contributed by atoms with Crippen LogP contribution in [-0.4, -0.2) is 28.3 Å². The van der Waals surface area contributed by atoms with Gasteiger partial charge in [0.05, 0.1) is 42.2 Å². The minimum atomic E-state index is -0.488. The van der Waals surface area contributed by atoms with Crippen LogP contribution in [-0.2, 0) is 9.53 Å². The molecule has 0 saturated heterocycles. The molecule has 29 heavy (non-hydrogen) atoms. The molecule has 0 fully saturated rings. The van der Waals surface area contributed by atoms with Crippen molar-refractivity contribution < 1.29 is 14.3 Å². The molecule has 0 saturated carbocycles. The van der Waals surface area contributed by atoms with Crippen LogP contribution < -0.4 is 5.32 Å². The Morgan fingerprint density at radius 2 is 1.83 bits per heavy atom. The molecule has 0 spiro atoms. The van der Waals surface area contributed by atoms with Gasteiger partial charge >= 0.3 is 5.97 Å². The van der Waals surface area contributed by atoms with Crippen molar-refractivity contribution in [3.63, 3.8) is 0 Å². The van der Waals surface area contributed by atoms with E-state index in [1.165, 1.54) is 0 Å². The van der Waals surface area contributed by atoms with Gasteiger partial charge in [0.1, 0.15) is 0 Å². The molecule has 1 atom stereocenters. The summed E-state index contributed by atoms with van der Waals surface area (Å²) < 4.78 is 7.74. The zero-order valence-electron chi connectivity index (χ0n) is 16.3. The second-order valence-corrected chi connectivity index (χ2v) is 7.39. The third-order valence-corrected chi connectivity index (χ3v) is 5.04. The van der Waals surface area contributed by atoms with Gasteiger partial charge in [0.25, 0.3) is 5.91 Å². The number of hydrogen-bond donors (Lipinski definition) is 1. The Bertz CT molecular complexity index is 984. The monoisotopic (exact) mass is 455 g/mol. The van der Waals surface area contributed by atoms with Crippen molar-refractivity contribution >= 4 is 27.8 Å². The highest BCUT2D eigenvalue weighted by Gasteiger charge is 2.22. The number of nitrogens with one attached hydrogen (secondary N) is 1. The van der Waals surface area contributed by atoms with Crippen molar-refractivity contribution in [1.82, 2.24) is 15.1 Å². The second-order valence-electron chi connectivity index (χ2n) is 6.48. The van der Waals surface area contributed by atoms with Gasteiger partial charge in [-0.25, -0.2) is 4.68 Å². The van der Waals surface area contributed by atoms with Gasteiger partial charge in [-0.2, -0.15) is 5.10 Å². The average Bonchev–Trinajstić information content (AvgIpc) is 3.10. The van der Waals surface area contributed by atoms with Gasteiger partial charge in [0.2, 0.25) is 0 Å². The first-order chi connectivity index (χ1) is 14.0. The average molecular weight is 456 g/mol. The topological polar surface area (TPSA) is 73.2 Å². The van der Waals surface area contributed by atoms with Crippen molar-refractivity contribution in [2.75, 3.05) is 6.61 Å². The summed E-state index contributed by atoms with van der Waals surface area (Å²) in [5.74, 6) is -0.645.